The Morgan fingerprint density at radius 1 is 0.844 bits per heavy atom. The van der Waals surface area contributed by atoms with Crippen molar-refractivity contribution in [3.05, 3.63) is 151 Å². The van der Waals surface area contributed by atoms with Crippen molar-refractivity contribution in [2.75, 3.05) is 20.3 Å². The predicted molar refractivity (Wildman–Crippen MR) is 173 cm³/mol. The molecule has 0 bridgehead atoms. The average Bonchev–Trinajstić information content (AvgIpc) is 3.37. The number of aromatic nitrogens is 1. The number of para-hydroxylation sites is 2. The second kappa shape index (κ2) is 13.5. The topological polar surface area (TPSA) is 88.4 Å². The third kappa shape index (κ3) is 6.58. The minimum atomic E-state index is -0.704. The zero-order valence-electron chi connectivity index (χ0n) is 24.7. The molecule has 6 rings (SSSR count). The van der Waals surface area contributed by atoms with Crippen LogP contribution in [0.1, 0.15) is 24.1 Å². The van der Waals surface area contributed by atoms with Crippen LogP contribution in [0.3, 0.4) is 0 Å². The van der Waals surface area contributed by atoms with E-state index in [1.807, 2.05) is 78.9 Å². The number of benzene rings is 4. The van der Waals surface area contributed by atoms with E-state index in [0.717, 1.165) is 16.9 Å². The van der Waals surface area contributed by atoms with E-state index in [1.54, 1.807) is 55.0 Å². The first-order chi connectivity index (χ1) is 22.0. The highest BCUT2D eigenvalue weighted by Gasteiger charge is 2.33. The molecule has 1 aromatic heterocycles. The molecule has 0 radical (unpaired) electrons. The van der Waals surface area contributed by atoms with E-state index in [2.05, 4.69) is 4.99 Å². The van der Waals surface area contributed by atoms with Gasteiger partial charge in [0.2, 0.25) is 0 Å². The number of thiazole rings is 1. The minimum Gasteiger partial charge on any atom is -0.493 e. The van der Waals surface area contributed by atoms with Gasteiger partial charge in [-0.25, -0.2) is 9.79 Å². The van der Waals surface area contributed by atoms with Gasteiger partial charge in [-0.1, -0.05) is 84.1 Å². The lowest BCUT2D eigenvalue weighted by atomic mass is 9.96. The Morgan fingerprint density at radius 3 is 2.18 bits per heavy atom. The molecule has 9 heteroatoms. The second-order valence-corrected chi connectivity index (χ2v) is 11.1. The van der Waals surface area contributed by atoms with Gasteiger partial charge >= 0.3 is 5.97 Å². The highest BCUT2D eigenvalue weighted by atomic mass is 32.1. The Bertz CT molecular complexity index is 2020. The smallest absolute Gasteiger partial charge is 0.343 e. The summed E-state index contributed by atoms with van der Waals surface area (Å²) in [4.78, 5) is 32.7. The molecule has 45 heavy (non-hydrogen) atoms. The molecule has 226 valence electrons. The summed E-state index contributed by atoms with van der Waals surface area (Å²) in [5.41, 5.74) is 2.07. The molecule has 4 aromatic carbocycles. The van der Waals surface area contributed by atoms with Crippen LogP contribution in [0.2, 0.25) is 0 Å². The number of carbonyl (C=O) groups excluding carboxylic acids is 1. The normalized spacial score (nSPS) is 14.4. The number of hydrogen-bond donors (Lipinski definition) is 0. The molecular weight excluding hydrogens is 588 g/mol. The van der Waals surface area contributed by atoms with Gasteiger partial charge in [0.25, 0.3) is 5.56 Å². The number of methoxy groups -OCH3 is 1. The Hall–Kier alpha value is -5.41. The maximum absolute atomic E-state index is 14.0. The van der Waals surface area contributed by atoms with Crippen LogP contribution in [0.25, 0.3) is 6.08 Å². The summed E-state index contributed by atoms with van der Waals surface area (Å²) in [7, 11) is 1.57. The highest BCUT2D eigenvalue weighted by Crippen LogP contribution is 2.31. The van der Waals surface area contributed by atoms with E-state index in [4.69, 9.17) is 18.9 Å². The number of allylic oxidation sites excluding steroid dienone is 1. The van der Waals surface area contributed by atoms with Crippen molar-refractivity contribution in [1.82, 2.24) is 4.57 Å². The molecular formula is C36H30N2O6S. The van der Waals surface area contributed by atoms with Crippen LogP contribution in [-0.2, 0) is 4.79 Å². The number of nitrogens with zero attached hydrogens (tertiary/aromatic N) is 2. The first-order valence-electron chi connectivity index (χ1n) is 14.4. The number of ether oxygens (including phenoxy) is 4. The molecule has 1 aliphatic heterocycles. The molecule has 1 aliphatic rings. The largest absolute Gasteiger partial charge is 0.493 e. The van der Waals surface area contributed by atoms with Gasteiger partial charge in [0.05, 0.1) is 29.0 Å². The number of fused-ring (bicyclic) bond motifs is 1. The van der Waals surface area contributed by atoms with Crippen LogP contribution in [0.4, 0.5) is 0 Å². The first kappa shape index (κ1) is 29.7. The molecule has 1 atom stereocenters. The van der Waals surface area contributed by atoms with Gasteiger partial charge < -0.3 is 18.9 Å². The Labute approximate surface area is 263 Å². The van der Waals surface area contributed by atoms with E-state index in [1.165, 1.54) is 11.3 Å². The van der Waals surface area contributed by atoms with E-state index in [9.17, 15) is 9.59 Å². The number of esters is 1. The van der Waals surface area contributed by atoms with Crippen LogP contribution in [0.15, 0.2) is 130 Å². The standard InChI is InChI=1S/C36H30N2O6S/c1-24-32(35(40)44-28-16-10-5-11-17-28)33(26-12-6-3-7-13-26)38-34(39)31(45-36(38)37-24)23-25-18-19-29(30(22-25)41-2)43-21-20-42-27-14-8-4-9-15-27/h3-19,22-23,33H,20-21H2,1-2H3/b31-23+/t33-/m0/s1. The summed E-state index contributed by atoms with van der Waals surface area (Å²) >= 11 is 1.26. The lowest BCUT2D eigenvalue weighted by Gasteiger charge is -2.24. The third-order valence-electron chi connectivity index (χ3n) is 7.15. The van der Waals surface area contributed by atoms with Crippen LogP contribution < -0.4 is 33.8 Å². The van der Waals surface area contributed by atoms with Gasteiger partial charge in [-0.2, -0.15) is 0 Å². The van der Waals surface area contributed by atoms with Gasteiger partial charge in [0.15, 0.2) is 16.3 Å². The molecule has 0 fully saturated rings. The van der Waals surface area contributed by atoms with Crippen molar-refractivity contribution in [1.29, 1.82) is 0 Å². The average molecular weight is 619 g/mol. The Kier molecular flexibility index (Phi) is 8.89. The van der Waals surface area contributed by atoms with Crippen molar-refractivity contribution in [3.8, 4) is 23.0 Å². The van der Waals surface area contributed by atoms with Crippen molar-refractivity contribution < 1.29 is 23.7 Å². The maximum Gasteiger partial charge on any atom is 0.343 e. The fourth-order valence-electron chi connectivity index (χ4n) is 5.06. The van der Waals surface area contributed by atoms with Crippen LogP contribution >= 0.6 is 11.3 Å². The molecule has 8 nitrogen and oxygen atoms in total. The van der Waals surface area contributed by atoms with Crippen LogP contribution in [0.5, 0.6) is 23.0 Å². The molecule has 0 saturated carbocycles. The van der Waals surface area contributed by atoms with E-state index >= 15 is 0 Å². The lowest BCUT2D eigenvalue weighted by Crippen LogP contribution is -2.40. The molecule has 5 aromatic rings. The van der Waals surface area contributed by atoms with E-state index < -0.39 is 12.0 Å². The van der Waals surface area contributed by atoms with Crippen LogP contribution in [0, 0.1) is 0 Å². The SMILES string of the molecule is COc1cc(/C=c2/sc3n(c2=O)[C@@H](c2ccccc2)C(C(=O)Oc2ccccc2)=C(C)N=3)ccc1OCCOc1ccccc1. The highest BCUT2D eigenvalue weighted by molar-refractivity contribution is 7.07. The zero-order valence-corrected chi connectivity index (χ0v) is 25.5. The van der Waals surface area contributed by atoms with Crippen molar-refractivity contribution in [2.45, 2.75) is 13.0 Å². The van der Waals surface area contributed by atoms with Crippen molar-refractivity contribution >= 4 is 23.4 Å². The monoisotopic (exact) mass is 618 g/mol. The van der Waals surface area contributed by atoms with E-state index in [0.29, 0.717) is 51.1 Å². The zero-order chi connectivity index (χ0) is 31.2. The molecule has 0 N–H and O–H groups in total. The third-order valence-corrected chi connectivity index (χ3v) is 8.13. The van der Waals surface area contributed by atoms with Crippen molar-refractivity contribution in [3.63, 3.8) is 0 Å². The molecule has 2 heterocycles. The van der Waals surface area contributed by atoms with E-state index in [-0.39, 0.29) is 5.56 Å². The Balaban J connectivity index is 1.30. The second-order valence-electron chi connectivity index (χ2n) is 10.1. The molecule has 0 spiro atoms. The quantitative estimate of drug-likeness (QED) is 0.120. The van der Waals surface area contributed by atoms with Gasteiger partial charge in [-0.05, 0) is 60.5 Å². The summed E-state index contributed by atoms with van der Waals surface area (Å²) in [5.74, 6) is 1.72. The fourth-order valence-corrected chi connectivity index (χ4v) is 6.10. The number of rotatable bonds is 10. The molecule has 0 aliphatic carbocycles. The summed E-state index contributed by atoms with van der Waals surface area (Å²) < 4.78 is 25.0. The van der Waals surface area contributed by atoms with Gasteiger partial charge in [-0.15, -0.1) is 0 Å². The first-order valence-corrected chi connectivity index (χ1v) is 15.2. The number of carbonyl (C=O) groups is 1. The predicted octanol–water partition coefficient (Wildman–Crippen LogP) is 5.31. The fraction of sp³-hybridized carbons (Fsp3) is 0.139. The Morgan fingerprint density at radius 2 is 1.49 bits per heavy atom. The maximum atomic E-state index is 14.0. The lowest BCUT2D eigenvalue weighted by molar-refractivity contribution is -0.130. The summed E-state index contributed by atoms with van der Waals surface area (Å²) in [5, 5.41) is 0. The summed E-state index contributed by atoms with van der Waals surface area (Å²) in [6, 6.07) is 32.6. The summed E-state index contributed by atoms with van der Waals surface area (Å²) in [6.07, 6.45) is 1.79. The molecule has 0 unspecified atom stereocenters. The van der Waals surface area contributed by atoms with Gasteiger partial charge in [0, 0.05) is 0 Å². The van der Waals surface area contributed by atoms with Crippen molar-refractivity contribution in [2.24, 2.45) is 4.99 Å². The molecule has 0 amide bonds. The van der Waals surface area contributed by atoms with Crippen LogP contribution in [-0.4, -0.2) is 30.9 Å². The number of hydrogen-bond acceptors (Lipinski definition) is 8. The van der Waals surface area contributed by atoms with Gasteiger partial charge in [-0.3, -0.25) is 9.36 Å². The summed E-state index contributed by atoms with van der Waals surface area (Å²) in [6.45, 7) is 2.47. The minimum absolute atomic E-state index is 0.262. The molecule has 0 saturated heterocycles. The van der Waals surface area contributed by atoms with Gasteiger partial charge in [0.1, 0.15) is 24.7 Å².